The Hall–Kier alpha value is -3.52. The van der Waals surface area contributed by atoms with Crippen molar-refractivity contribution < 1.29 is 19.4 Å². The van der Waals surface area contributed by atoms with Crippen molar-refractivity contribution in [2.45, 2.75) is 12.6 Å². The van der Waals surface area contributed by atoms with Gasteiger partial charge in [0.05, 0.1) is 35.1 Å². The number of likely N-dealkylation sites (tertiary alicyclic amines) is 1. The number of benzene rings is 1. The first-order valence-corrected chi connectivity index (χ1v) is 10.2. The van der Waals surface area contributed by atoms with Crippen LogP contribution in [0, 0.1) is 0 Å². The van der Waals surface area contributed by atoms with Crippen LogP contribution in [0.3, 0.4) is 0 Å². The molecule has 1 atom stereocenters. The molecule has 1 aromatic carbocycles. The number of hydrogen-bond donors (Lipinski definition) is 1. The number of carbonyl (C=O) groups is 2. The predicted molar refractivity (Wildman–Crippen MR) is 117 cm³/mol. The molecule has 0 aliphatic carbocycles. The minimum atomic E-state index is -0.843. The Balaban J connectivity index is 1.85. The number of amides is 1. The van der Waals surface area contributed by atoms with Gasteiger partial charge in [-0.15, -0.1) is 0 Å². The number of pyridine rings is 2. The van der Waals surface area contributed by atoms with Crippen LogP contribution in [0.15, 0.2) is 77.0 Å². The highest BCUT2D eigenvalue weighted by Crippen LogP contribution is 2.40. The number of rotatable bonds is 5. The van der Waals surface area contributed by atoms with Crippen LogP contribution in [0.25, 0.3) is 5.76 Å². The maximum atomic E-state index is 13.0. The van der Waals surface area contributed by atoms with Crippen LogP contribution in [-0.4, -0.2) is 38.8 Å². The van der Waals surface area contributed by atoms with E-state index in [0.29, 0.717) is 27.2 Å². The Labute approximate surface area is 187 Å². The highest BCUT2D eigenvalue weighted by atomic mass is 79.9. The first-order chi connectivity index (χ1) is 15.0. The van der Waals surface area contributed by atoms with Gasteiger partial charge < -0.3 is 14.7 Å². The molecular weight excluding hydrogens is 462 g/mol. The molecular formula is C23H18BrN3O4. The van der Waals surface area contributed by atoms with E-state index in [4.69, 9.17) is 4.74 Å². The summed E-state index contributed by atoms with van der Waals surface area (Å²) in [6.07, 6.45) is 3.21. The fourth-order valence-corrected chi connectivity index (χ4v) is 4.06. The number of aromatic nitrogens is 2. The van der Waals surface area contributed by atoms with Gasteiger partial charge in [-0.05, 0) is 58.4 Å². The van der Waals surface area contributed by atoms with Gasteiger partial charge in [0.2, 0.25) is 0 Å². The number of hydrogen-bond acceptors (Lipinski definition) is 6. The Morgan fingerprint density at radius 3 is 2.45 bits per heavy atom. The summed E-state index contributed by atoms with van der Waals surface area (Å²) in [4.78, 5) is 36.0. The Morgan fingerprint density at radius 2 is 1.84 bits per heavy atom. The van der Waals surface area contributed by atoms with Crippen LogP contribution in [0.2, 0.25) is 0 Å². The summed E-state index contributed by atoms with van der Waals surface area (Å²) >= 11 is 3.39. The van der Waals surface area contributed by atoms with Crippen molar-refractivity contribution >= 4 is 33.4 Å². The summed E-state index contributed by atoms with van der Waals surface area (Å²) in [5.41, 5.74) is 1.46. The van der Waals surface area contributed by atoms with E-state index in [1.807, 2.05) is 6.07 Å². The zero-order valence-electron chi connectivity index (χ0n) is 16.5. The lowest BCUT2D eigenvalue weighted by atomic mass is 9.98. The smallest absolute Gasteiger partial charge is 0.296 e. The van der Waals surface area contributed by atoms with Crippen molar-refractivity contribution in [1.82, 2.24) is 14.9 Å². The highest BCUT2D eigenvalue weighted by molar-refractivity contribution is 9.10. The van der Waals surface area contributed by atoms with Crippen LogP contribution >= 0.6 is 15.9 Å². The van der Waals surface area contributed by atoms with Crippen molar-refractivity contribution in [2.75, 3.05) is 7.11 Å². The Morgan fingerprint density at radius 1 is 1.10 bits per heavy atom. The standard InChI is InChI=1S/C23H18BrN3O4/c1-31-18-9-8-14(12-16(18)24)21(28)19-20(17-7-3-5-11-26-17)27(23(30)22(19)29)13-15-6-2-4-10-25-15/h2-12,20,28H,13H2,1H3/b21-19-. The molecule has 0 bridgehead atoms. The molecule has 1 fully saturated rings. The molecule has 1 saturated heterocycles. The van der Waals surface area contributed by atoms with E-state index in [-0.39, 0.29) is 17.9 Å². The van der Waals surface area contributed by atoms with E-state index >= 15 is 0 Å². The van der Waals surface area contributed by atoms with E-state index < -0.39 is 17.7 Å². The summed E-state index contributed by atoms with van der Waals surface area (Å²) in [6, 6.07) is 14.7. The lowest BCUT2D eigenvalue weighted by molar-refractivity contribution is -0.140. The number of nitrogens with zero attached hydrogens (tertiary/aromatic N) is 3. The Bertz CT molecular complexity index is 1170. The fourth-order valence-electron chi connectivity index (χ4n) is 3.52. The molecule has 31 heavy (non-hydrogen) atoms. The third-order valence-electron chi connectivity index (χ3n) is 4.99. The topological polar surface area (TPSA) is 92.6 Å². The van der Waals surface area contributed by atoms with E-state index in [2.05, 4.69) is 25.9 Å². The number of halogens is 1. The summed E-state index contributed by atoms with van der Waals surface area (Å²) in [6.45, 7) is 0.107. The zero-order valence-corrected chi connectivity index (χ0v) is 18.1. The molecule has 2 aromatic heterocycles. The lowest BCUT2D eigenvalue weighted by Gasteiger charge is -2.24. The maximum absolute atomic E-state index is 13.0. The predicted octanol–water partition coefficient (Wildman–Crippen LogP) is 3.87. The van der Waals surface area contributed by atoms with Gasteiger partial charge in [-0.25, -0.2) is 0 Å². The molecule has 4 rings (SSSR count). The quantitative estimate of drug-likeness (QED) is 0.339. The van der Waals surface area contributed by atoms with Crippen molar-refractivity contribution in [3.05, 3.63) is 94.0 Å². The number of aliphatic hydroxyl groups is 1. The fraction of sp³-hybridized carbons (Fsp3) is 0.130. The first-order valence-electron chi connectivity index (χ1n) is 9.44. The van der Waals surface area contributed by atoms with Crippen LogP contribution < -0.4 is 4.74 Å². The molecule has 8 heteroatoms. The van der Waals surface area contributed by atoms with E-state index in [1.54, 1.807) is 60.9 Å². The number of aliphatic hydroxyl groups excluding tert-OH is 1. The minimum absolute atomic E-state index is 0.0169. The molecule has 0 radical (unpaired) electrons. The molecule has 0 spiro atoms. The van der Waals surface area contributed by atoms with Crippen LogP contribution in [0.4, 0.5) is 0 Å². The molecule has 3 heterocycles. The largest absolute Gasteiger partial charge is 0.507 e. The van der Waals surface area contributed by atoms with Gasteiger partial charge in [0.15, 0.2) is 0 Å². The average Bonchev–Trinajstić information content (AvgIpc) is 3.04. The van der Waals surface area contributed by atoms with Crippen molar-refractivity contribution in [1.29, 1.82) is 0 Å². The van der Waals surface area contributed by atoms with Gasteiger partial charge in [-0.2, -0.15) is 0 Å². The Kier molecular flexibility index (Phi) is 5.81. The second-order valence-electron chi connectivity index (χ2n) is 6.85. The number of Topliss-reactive ketones (excluding diaryl/α,β-unsaturated/α-hetero) is 1. The van der Waals surface area contributed by atoms with Crippen LogP contribution in [-0.2, 0) is 16.1 Å². The molecule has 1 aliphatic rings. The summed E-state index contributed by atoms with van der Waals surface area (Å²) in [5, 5.41) is 11.1. The average molecular weight is 480 g/mol. The number of carbonyl (C=O) groups excluding carboxylic acids is 2. The van der Waals surface area contributed by atoms with Gasteiger partial charge >= 0.3 is 0 Å². The summed E-state index contributed by atoms with van der Waals surface area (Å²) < 4.78 is 5.83. The lowest BCUT2D eigenvalue weighted by Crippen LogP contribution is -2.29. The first kappa shape index (κ1) is 20.7. The second-order valence-corrected chi connectivity index (χ2v) is 7.71. The molecule has 0 saturated carbocycles. The van der Waals surface area contributed by atoms with Gasteiger partial charge in [0.25, 0.3) is 11.7 Å². The highest BCUT2D eigenvalue weighted by Gasteiger charge is 2.46. The normalized spacial score (nSPS) is 17.7. The van der Waals surface area contributed by atoms with Gasteiger partial charge in [-0.3, -0.25) is 19.6 Å². The van der Waals surface area contributed by atoms with Crippen LogP contribution in [0.5, 0.6) is 5.75 Å². The van der Waals surface area contributed by atoms with E-state index in [0.717, 1.165) is 0 Å². The van der Waals surface area contributed by atoms with Crippen molar-refractivity contribution in [3.8, 4) is 5.75 Å². The second kappa shape index (κ2) is 8.69. The van der Waals surface area contributed by atoms with E-state index in [9.17, 15) is 14.7 Å². The van der Waals surface area contributed by atoms with Crippen LogP contribution in [0.1, 0.15) is 23.0 Å². The third kappa shape index (κ3) is 3.94. The summed E-state index contributed by atoms with van der Waals surface area (Å²) in [7, 11) is 1.53. The molecule has 7 nitrogen and oxygen atoms in total. The minimum Gasteiger partial charge on any atom is -0.507 e. The van der Waals surface area contributed by atoms with Gasteiger partial charge in [-0.1, -0.05) is 12.1 Å². The molecule has 1 amide bonds. The van der Waals surface area contributed by atoms with Gasteiger partial charge in [0.1, 0.15) is 17.6 Å². The summed E-state index contributed by atoms with van der Waals surface area (Å²) in [5.74, 6) is -1.18. The molecule has 1 unspecified atom stereocenters. The SMILES string of the molecule is COc1ccc(/C(O)=C2/C(=O)C(=O)N(Cc3ccccn3)C2c2ccccn2)cc1Br. The van der Waals surface area contributed by atoms with Gasteiger partial charge in [0, 0.05) is 18.0 Å². The monoisotopic (exact) mass is 479 g/mol. The van der Waals surface area contributed by atoms with E-state index in [1.165, 1.54) is 12.0 Å². The molecule has 1 N–H and O–H groups in total. The zero-order chi connectivity index (χ0) is 22.0. The van der Waals surface area contributed by atoms with Crippen molar-refractivity contribution in [3.63, 3.8) is 0 Å². The number of ether oxygens (including phenoxy) is 1. The molecule has 3 aromatic rings. The number of methoxy groups -OCH3 is 1. The third-order valence-corrected chi connectivity index (χ3v) is 5.61. The molecule has 156 valence electrons. The maximum Gasteiger partial charge on any atom is 0.296 e. The van der Waals surface area contributed by atoms with Crippen molar-refractivity contribution in [2.24, 2.45) is 0 Å². The molecule has 1 aliphatic heterocycles. The number of ketones is 1.